The Morgan fingerprint density at radius 2 is 1.70 bits per heavy atom. The van der Waals surface area contributed by atoms with E-state index in [1.54, 1.807) is 0 Å². The lowest BCUT2D eigenvalue weighted by Crippen LogP contribution is -2.33. The number of hydrogen-bond donors (Lipinski definition) is 1. The predicted molar refractivity (Wildman–Crippen MR) is 78.9 cm³/mol. The molecule has 0 radical (unpaired) electrons. The number of benzene rings is 1. The number of ether oxygens (including phenoxy) is 2. The molecule has 108 valence electrons. The van der Waals surface area contributed by atoms with Gasteiger partial charge in [-0.25, -0.2) is 0 Å². The molecule has 0 unspecified atom stereocenters. The van der Waals surface area contributed by atoms with Gasteiger partial charge in [-0.3, -0.25) is 5.41 Å². The fourth-order valence-electron chi connectivity index (χ4n) is 3.30. The van der Waals surface area contributed by atoms with Gasteiger partial charge in [-0.1, -0.05) is 0 Å². The zero-order valence-corrected chi connectivity index (χ0v) is 12.5. The molecule has 1 N–H and O–H groups in total. The van der Waals surface area contributed by atoms with Crippen molar-refractivity contribution >= 4 is 5.84 Å². The van der Waals surface area contributed by atoms with Crippen molar-refractivity contribution in [2.75, 3.05) is 19.8 Å². The minimum atomic E-state index is 0.0672. The Balaban J connectivity index is 2.10. The van der Waals surface area contributed by atoms with Crippen LogP contribution in [0.3, 0.4) is 0 Å². The first kappa shape index (κ1) is 13.3. The quantitative estimate of drug-likeness (QED) is 0.897. The van der Waals surface area contributed by atoms with Crippen LogP contribution in [0.5, 0.6) is 11.5 Å². The second kappa shape index (κ2) is 4.69. The highest BCUT2D eigenvalue weighted by molar-refractivity contribution is 6.03. The molecule has 0 amide bonds. The van der Waals surface area contributed by atoms with Crippen molar-refractivity contribution in [3.63, 3.8) is 0 Å². The van der Waals surface area contributed by atoms with Crippen LogP contribution in [-0.4, -0.2) is 30.5 Å². The fourth-order valence-corrected chi connectivity index (χ4v) is 3.30. The molecule has 2 aliphatic rings. The van der Waals surface area contributed by atoms with Gasteiger partial charge in [-0.2, -0.15) is 0 Å². The van der Waals surface area contributed by atoms with Crippen LogP contribution in [-0.2, 0) is 5.54 Å². The van der Waals surface area contributed by atoms with Gasteiger partial charge in [0.15, 0.2) is 11.5 Å². The Morgan fingerprint density at radius 1 is 1.10 bits per heavy atom. The maximum atomic E-state index is 8.41. The van der Waals surface area contributed by atoms with E-state index in [1.165, 1.54) is 5.56 Å². The molecule has 0 bridgehead atoms. The zero-order valence-electron chi connectivity index (χ0n) is 12.5. The first-order valence-corrected chi connectivity index (χ1v) is 7.48. The van der Waals surface area contributed by atoms with Gasteiger partial charge in [0.25, 0.3) is 0 Å². The first-order chi connectivity index (χ1) is 9.67. The predicted octanol–water partition coefficient (Wildman–Crippen LogP) is 3.13. The minimum Gasteiger partial charge on any atom is -0.490 e. The van der Waals surface area contributed by atoms with E-state index in [9.17, 15) is 0 Å². The Bertz CT molecular complexity index is 550. The van der Waals surface area contributed by atoms with E-state index in [1.807, 2.05) is 19.9 Å². The van der Waals surface area contributed by atoms with Gasteiger partial charge in [0.05, 0.1) is 18.8 Å². The van der Waals surface area contributed by atoms with Crippen molar-refractivity contribution in [1.29, 1.82) is 5.41 Å². The molecule has 1 saturated carbocycles. The Hall–Kier alpha value is -1.71. The van der Waals surface area contributed by atoms with Crippen molar-refractivity contribution in [2.45, 2.75) is 39.2 Å². The van der Waals surface area contributed by atoms with Crippen LogP contribution >= 0.6 is 0 Å². The van der Waals surface area contributed by atoms with E-state index in [2.05, 4.69) is 17.9 Å². The standard InChI is InChI=1S/C16H22N2O2/c1-4-18-15(17)11-9-13(19-5-2)14(20-6-3)10-12(11)16(18)7-8-16/h9-10,17H,4-8H2,1-3H3. The SMILES string of the molecule is CCOc1cc2c(cc1OCC)C1(CC1)N(CC)C2=N. The number of hydrogen-bond acceptors (Lipinski definition) is 3. The van der Waals surface area contributed by atoms with Crippen molar-refractivity contribution < 1.29 is 9.47 Å². The van der Waals surface area contributed by atoms with Gasteiger partial charge in [-0.05, 0) is 51.3 Å². The lowest BCUT2D eigenvalue weighted by Gasteiger charge is -2.25. The van der Waals surface area contributed by atoms with Gasteiger partial charge in [0.1, 0.15) is 5.84 Å². The highest BCUT2D eigenvalue weighted by atomic mass is 16.5. The van der Waals surface area contributed by atoms with Gasteiger partial charge in [0, 0.05) is 12.1 Å². The molecule has 1 fully saturated rings. The molecule has 0 saturated heterocycles. The molecule has 1 aliphatic carbocycles. The van der Waals surface area contributed by atoms with Crippen LogP contribution in [0.1, 0.15) is 44.7 Å². The van der Waals surface area contributed by atoms with Crippen LogP contribution in [0.2, 0.25) is 0 Å². The summed E-state index contributed by atoms with van der Waals surface area (Å²) in [7, 11) is 0. The Labute approximate surface area is 120 Å². The van der Waals surface area contributed by atoms with Gasteiger partial charge in [-0.15, -0.1) is 0 Å². The molecule has 1 aliphatic heterocycles. The lowest BCUT2D eigenvalue weighted by molar-refractivity contribution is 0.285. The third kappa shape index (κ3) is 1.70. The molecule has 4 nitrogen and oxygen atoms in total. The van der Waals surface area contributed by atoms with Crippen molar-refractivity contribution in [2.24, 2.45) is 0 Å². The fraction of sp³-hybridized carbons (Fsp3) is 0.562. The number of fused-ring (bicyclic) bond motifs is 2. The van der Waals surface area contributed by atoms with E-state index in [-0.39, 0.29) is 5.54 Å². The smallest absolute Gasteiger partial charge is 0.161 e. The summed E-state index contributed by atoms with van der Waals surface area (Å²) in [5.41, 5.74) is 2.32. The van der Waals surface area contributed by atoms with Crippen LogP contribution in [0, 0.1) is 5.41 Å². The summed E-state index contributed by atoms with van der Waals surface area (Å²) in [6.45, 7) is 8.18. The van der Waals surface area contributed by atoms with E-state index >= 15 is 0 Å². The number of amidine groups is 1. The second-order valence-electron chi connectivity index (χ2n) is 5.34. The highest BCUT2D eigenvalue weighted by Crippen LogP contribution is 2.57. The molecular weight excluding hydrogens is 252 g/mol. The minimum absolute atomic E-state index is 0.0672. The Morgan fingerprint density at radius 3 is 2.20 bits per heavy atom. The molecule has 20 heavy (non-hydrogen) atoms. The van der Waals surface area contributed by atoms with Crippen LogP contribution in [0.4, 0.5) is 0 Å². The molecular formula is C16H22N2O2. The normalized spacial score (nSPS) is 18.4. The van der Waals surface area contributed by atoms with Crippen molar-refractivity contribution in [3.05, 3.63) is 23.3 Å². The summed E-state index contributed by atoms with van der Waals surface area (Å²) in [5.74, 6) is 2.20. The summed E-state index contributed by atoms with van der Waals surface area (Å²) in [6, 6.07) is 4.09. The van der Waals surface area contributed by atoms with Gasteiger partial charge >= 0.3 is 0 Å². The summed E-state index contributed by atoms with van der Waals surface area (Å²) in [5, 5.41) is 8.41. The lowest BCUT2D eigenvalue weighted by atomic mass is 10.0. The molecule has 0 atom stereocenters. The van der Waals surface area contributed by atoms with Crippen LogP contribution in [0.25, 0.3) is 0 Å². The maximum absolute atomic E-state index is 8.41. The maximum Gasteiger partial charge on any atom is 0.161 e. The number of nitrogens with one attached hydrogen (secondary N) is 1. The van der Waals surface area contributed by atoms with Crippen LogP contribution < -0.4 is 9.47 Å². The highest BCUT2D eigenvalue weighted by Gasteiger charge is 2.56. The summed E-state index contributed by atoms with van der Waals surface area (Å²) in [6.07, 6.45) is 2.27. The van der Waals surface area contributed by atoms with Gasteiger partial charge in [0.2, 0.25) is 0 Å². The average molecular weight is 274 g/mol. The molecule has 1 heterocycles. The average Bonchev–Trinajstić information content (AvgIpc) is 3.18. The molecule has 1 aromatic rings. The van der Waals surface area contributed by atoms with Crippen molar-refractivity contribution in [1.82, 2.24) is 4.90 Å². The molecule has 4 heteroatoms. The number of nitrogens with zero attached hydrogens (tertiary/aromatic N) is 1. The summed E-state index contributed by atoms with van der Waals surface area (Å²) < 4.78 is 11.4. The number of rotatable bonds is 5. The molecule has 0 aromatic heterocycles. The zero-order chi connectivity index (χ0) is 14.3. The van der Waals surface area contributed by atoms with Crippen LogP contribution in [0.15, 0.2) is 12.1 Å². The monoisotopic (exact) mass is 274 g/mol. The van der Waals surface area contributed by atoms with Gasteiger partial charge < -0.3 is 14.4 Å². The summed E-state index contributed by atoms with van der Waals surface area (Å²) in [4.78, 5) is 2.21. The Kier molecular flexibility index (Phi) is 3.11. The third-order valence-electron chi connectivity index (χ3n) is 4.27. The third-order valence-corrected chi connectivity index (χ3v) is 4.27. The topological polar surface area (TPSA) is 45.6 Å². The van der Waals surface area contributed by atoms with E-state index in [0.29, 0.717) is 19.0 Å². The van der Waals surface area contributed by atoms with Crippen molar-refractivity contribution in [3.8, 4) is 11.5 Å². The van der Waals surface area contributed by atoms with E-state index < -0.39 is 0 Å². The summed E-state index contributed by atoms with van der Waals surface area (Å²) >= 11 is 0. The van der Waals surface area contributed by atoms with E-state index in [4.69, 9.17) is 14.9 Å². The first-order valence-electron chi connectivity index (χ1n) is 7.48. The molecule has 1 aromatic carbocycles. The van der Waals surface area contributed by atoms with E-state index in [0.717, 1.165) is 36.4 Å². The largest absolute Gasteiger partial charge is 0.490 e. The molecule has 1 spiro atoms. The molecule has 3 rings (SSSR count). The second-order valence-corrected chi connectivity index (χ2v) is 5.34.